The van der Waals surface area contributed by atoms with Crippen LogP contribution in [0.5, 0.6) is 0 Å². The maximum Gasteiger partial charge on any atom is 0.304 e. The lowest BCUT2D eigenvalue weighted by Gasteiger charge is -1.96. The first-order valence-electron chi connectivity index (χ1n) is 3.20. The van der Waals surface area contributed by atoms with E-state index in [1.807, 2.05) is 13.8 Å². The van der Waals surface area contributed by atoms with Crippen molar-refractivity contribution in [1.29, 1.82) is 0 Å². The van der Waals surface area contributed by atoms with Gasteiger partial charge in [-0.25, -0.2) is 0 Å². The molecule has 0 saturated carbocycles. The summed E-state index contributed by atoms with van der Waals surface area (Å²) in [6.45, 7) is 8.68. The smallest absolute Gasteiger partial charge is 0.304 e. The van der Waals surface area contributed by atoms with E-state index < -0.39 is 10.0 Å². The van der Waals surface area contributed by atoms with Crippen molar-refractivity contribution >= 4 is 21.6 Å². The van der Waals surface area contributed by atoms with Gasteiger partial charge >= 0.3 is 10.0 Å². The second-order valence-corrected chi connectivity index (χ2v) is 2.62. The first-order chi connectivity index (χ1) is 4.83. The van der Waals surface area contributed by atoms with Crippen molar-refractivity contribution < 1.29 is 8.85 Å². The van der Waals surface area contributed by atoms with Crippen LogP contribution < -0.4 is 0 Å². The van der Waals surface area contributed by atoms with Crippen LogP contribution in [0, 0.1) is 0 Å². The monoisotopic (exact) mass is 182 g/mol. The average Bonchev–Trinajstić information content (AvgIpc) is 1.91. The number of hydrogen-bond acceptors (Lipinski definition) is 2. The molecule has 0 aliphatic rings. The highest BCUT2D eigenvalue weighted by Gasteiger charge is 1.79. The van der Waals surface area contributed by atoms with Crippen LogP contribution in [0.2, 0.25) is 0 Å². The first kappa shape index (κ1) is 12.8. The molecule has 2 nitrogen and oxygen atoms in total. The van der Waals surface area contributed by atoms with E-state index in [4.69, 9.17) is 20.5 Å². The summed E-state index contributed by atoms with van der Waals surface area (Å²) >= 11 is 4.76. The predicted molar refractivity (Wildman–Crippen MR) is 47.8 cm³/mol. The molecule has 0 spiro atoms. The highest BCUT2D eigenvalue weighted by molar-refractivity contribution is 6.25. The fourth-order valence-electron chi connectivity index (χ4n) is 0.226. The quantitative estimate of drug-likeness (QED) is 0.484. The Morgan fingerprint density at radius 3 is 1.90 bits per heavy atom. The van der Waals surface area contributed by atoms with Crippen molar-refractivity contribution in [3.05, 3.63) is 12.1 Å². The molecule has 0 radical (unpaired) electrons. The lowest BCUT2D eigenvalue weighted by atomic mass is 10.9. The van der Waals surface area contributed by atoms with Crippen molar-refractivity contribution in [3.8, 4) is 0 Å². The summed E-state index contributed by atoms with van der Waals surface area (Å²) < 4.78 is 9.98. The topological polar surface area (TPSA) is 18.5 Å². The van der Waals surface area contributed by atoms with Gasteiger partial charge < -0.3 is 8.85 Å². The molecule has 0 aromatic rings. The number of halogens is 1. The van der Waals surface area contributed by atoms with Crippen LogP contribution in [-0.4, -0.2) is 23.2 Å². The Hall–Kier alpha value is 0.167. The van der Waals surface area contributed by atoms with Crippen molar-refractivity contribution in [2.75, 3.05) is 13.2 Å². The van der Waals surface area contributed by atoms with Crippen molar-refractivity contribution in [2.45, 2.75) is 13.8 Å². The molecule has 4 heteroatoms. The minimum absolute atomic E-state index is 0.589. The van der Waals surface area contributed by atoms with E-state index in [0.29, 0.717) is 0 Å². The highest BCUT2D eigenvalue weighted by atomic mass is 35.5. The van der Waals surface area contributed by atoms with Crippen molar-refractivity contribution in [1.82, 2.24) is 0 Å². The van der Waals surface area contributed by atoms with Crippen LogP contribution in [0.1, 0.15) is 13.8 Å². The molecule has 0 amide bonds. The summed E-state index contributed by atoms with van der Waals surface area (Å²) in [6.07, 6.45) is 0. The van der Waals surface area contributed by atoms with E-state index >= 15 is 0 Å². The van der Waals surface area contributed by atoms with E-state index in [-0.39, 0.29) is 0 Å². The van der Waals surface area contributed by atoms with E-state index in [1.54, 1.807) is 0 Å². The van der Waals surface area contributed by atoms with Gasteiger partial charge in [-0.05, 0) is 19.4 Å². The van der Waals surface area contributed by atoms with Crippen molar-refractivity contribution in [3.63, 3.8) is 0 Å². The third-order valence-electron chi connectivity index (χ3n) is 0.575. The predicted octanol–water partition coefficient (Wildman–Crippen LogP) is 1.43. The number of hydrogen-bond donors (Lipinski definition) is 0. The third kappa shape index (κ3) is 24.2. The molecule has 10 heavy (non-hydrogen) atoms. The SMILES string of the molecule is C=CCl.CCO[SiH2]OCC. The van der Waals surface area contributed by atoms with Gasteiger partial charge in [-0.3, -0.25) is 0 Å². The molecule has 0 saturated heterocycles. The standard InChI is InChI=1S/C4H12O2Si.C2H3Cl/c1-3-5-7-6-4-2;1-2-3/h3-4,7H2,1-2H3;2H,1H2. The van der Waals surface area contributed by atoms with Crippen LogP contribution in [0.25, 0.3) is 0 Å². The zero-order valence-electron chi connectivity index (χ0n) is 6.60. The van der Waals surface area contributed by atoms with Gasteiger partial charge in [-0.1, -0.05) is 18.2 Å². The zero-order valence-corrected chi connectivity index (χ0v) is 8.77. The molecule has 0 aliphatic heterocycles. The lowest BCUT2D eigenvalue weighted by molar-refractivity contribution is 0.240. The van der Waals surface area contributed by atoms with Gasteiger partial charge in [0.25, 0.3) is 0 Å². The molecular weight excluding hydrogens is 168 g/mol. The summed E-state index contributed by atoms with van der Waals surface area (Å²) in [4.78, 5) is 0. The third-order valence-corrected chi connectivity index (χ3v) is 1.72. The van der Waals surface area contributed by atoms with E-state index in [1.165, 1.54) is 5.54 Å². The Balaban J connectivity index is 0. The van der Waals surface area contributed by atoms with Crippen LogP contribution in [0.4, 0.5) is 0 Å². The molecule has 0 rings (SSSR count). The summed E-state index contributed by atoms with van der Waals surface area (Å²) in [7, 11) is -0.589. The molecular formula is C6H15ClO2Si. The molecule has 0 atom stereocenters. The molecule has 0 N–H and O–H groups in total. The van der Waals surface area contributed by atoms with E-state index in [0.717, 1.165) is 13.2 Å². The average molecular weight is 183 g/mol. The Morgan fingerprint density at radius 2 is 1.70 bits per heavy atom. The molecule has 0 aromatic heterocycles. The maximum atomic E-state index is 4.99. The van der Waals surface area contributed by atoms with Crippen LogP contribution in [-0.2, 0) is 8.85 Å². The van der Waals surface area contributed by atoms with E-state index in [9.17, 15) is 0 Å². The van der Waals surface area contributed by atoms with Gasteiger partial charge in [0.2, 0.25) is 0 Å². The Kier molecular flexibility index (Phi) is 20.6. The second kappa shape index (κ2) is 16.1. The lowest BCUT2D eigenvalue weighted by Crippen LogP contribution is -2.02. The van der Waals surface area contributed by atoms with Gasteiger partial charge in [0.05, 0.1) is 0 Å². The first-order valence-corrected chi connectivity index (χ1v) is 4.79. The number of rotatable bonds is 4. The zero-order chi connectivity index (χ0) is 8.24. The minimum atomic E-state index is -0.589. The summed E-state index contributed by atoms with van der Waals surface area (Å²) in [5, 5.41) is 0. The van der Waals surface area contributed by atoms with Gasteiger partial charge in [0.1, 0.15) is 0 Å². The molecule has 0 bridgehead atoms. The maximum absolute atomic E-state index is 4.99. The minimum Gasteiger partial charge on any atom is -0.399 e. The van der Waals surface area contributed by atoms with Crippen LogP contribution >= 0.6 is 11.6 Å². The molecule has 0 unspecified atom stereocenters. The Bertz CT molecular complexity index is 57.7. The Morgan fingerprint density at radius 1 is 1.40 bits per heavy atom. The molecule has 0 heterocycles. The summed E-state index contributed by atoms with van der Waals surface area (Å²) in [5.74, 6) is 0. The Labute approximate surface area is 70.2 Å². The molecule has 62 valence electrons. The van der Waals surface area contributed by atoms with Gasteiger partial charge in [0, 0.05) is 13.2 Å². The van der Waals surface area contributed by atoms with Crippen molar-refractivity contribution in [2.24, 2.45) is 0 Å². The summed E-state index contributed by atoms with van der Waals surface area (Å²) in [5.41, 5.74) is 1.22. The largest absolute Gasteiger partial charge is 0.399 e. The highest BCUT2D eigenvalue weighted by Crippen LogP contribution is 1.70. The van der Waals surface area contributed by atoms with Gasteiger partial charge in [0.15, 0.2) is 0 Å². The fraction of sp³-hybridized carbons (Fsp3) is 0.667. The van der Waals surface area contributed by atoms with Gasteiger partial charge in [-0.2, -0.15) is 0 Å². The fourth-order valence-corrected chi connectivity index (χ4v) is 0.677. The van der Waals surface area contributed by atoms with E-state index in [2.05, 4.69) is 6.58 Å². The second-order valence-electron chi connectivity index (χ2n) is 1.26. The van der Waals surface area contributed by atoms with Gasteiger partial charge in [-0.15, -0.1) is 0 Å². The molecule has 0 aromatic carbocycles. The molecule has 0 fully saturated rings. The van der Waals surface area contributed by atoms with Crippen LogP contribution in [0.15, 0.2) is 12.1 Å². The summed E-state index contributed by atoms with van der Waals surface area (Å²) in [6, 6.07) is 0. The normalized spacial score (nSPS) is 7.90. The molecule has 0 aliphatic carbocycles. The van der Waals surface area contributed by atoms with Crippen LogP contribution in [0.3, 0.4) is 0 Å².